The van der Waals surface area contributed by atoms with E-state index < -0.39 is 0 Å². The largest absolute Gasteiger partial charge is 0.318 e. The molecule has 1 amide bonds. The zero-order valence-electron chi connectivity index (χ0n) is 9.00. The van der Waals surface area contributed by atoms with Crippen LogP contribution in [0.25, 0.3) is 5.65 Å². The number of hydrogen-bond donors (Lipinski definition) is 1. The zero-order chi connectivity index (χ0) is 12.5. The average Bonchev–Trinajstić information content (AvgIpc) is 2.97. The second kappa shape index (κ2) is 4.40. The van der Waals surface area contributed by atoms with Crippen LogP contribution in [0.4, 0.5) is 5.69 Å². The summed E-state index contributed by atoms with van der Waals surface area (Å²) in [5.74, 6) is -0.206. The standard InChI is InChI=1S/C11H7ClN4OS/c12-9-4-3-8(18-9)11(17)15-7-2-1-5-16-10(7)13-6-14-16/h1-6H,(H,15,17). The molecule has 0 unspecified atom stereocenters. The van der Waals surface area contributed by atoms with E-state index in [1.807, 2.05) is 0 Å². The van der Waals surface area contributed by atoms with E-state index >= 15 is 0 Å². The first kappa shape index (κ1) is 11.2. The van der Waals surface area contributed by atoms with E-state index in [-0.39, 0.29) is 5.91 Å². The Kier molecular flexibility index (Phi) is 2.73. The fourth-order valence-electron chi connectivity index (χ4n) is 1.57. The number of aromatic nitrogens is 3. The maximum Gasteiger partial charge on any atom is 0.265 e. The molecule has 0 aliphatic rings. The molecule has 3 rings (SSSR count). The number of rotatable bonds is 2. The number of fused-ring (bicyclic) bond motifs is 1. The van der Waals surface area contributed by atoms with Gasteiger partial charge in [0.15, 0.2) is 5.65 Å². The van der Waals surface area contributed by atoms with Crippen LogP contribution in [0.2, 0.25) is 4.34 Å². The lowest BCUT2D eigenvalue weighted by molar-refractivity contribution is 0.103. The van der Waals surface area contributed by atoms with Crippen LogP contribution < -0.4 is 5.32 Å². The van der Waals surface area contributed by atoms with Crippen molar-refractivity contribution >= 4 is 40.2 Å². The minimum atomic E-state index is -0.206. The monoisotopic (exact) mass is 278 g/mol. The minimum absolute atomic E-state index is 0.206. The molecule has 3 heterocycles. The average molecular weight is 279 g/mol. The highest BCUT2D eigenvalue weighted by Crippen LogP contribution is 2.23. The summed E-state index contributed by atoms with van der Waals surface area (Å²) in [6.07, 6.45) is 3.20. The van der Waals surface area contributed by atoms with E-state index in [1.54, 1.807) is 35.0 Å². The maximum absolute atomic E-state index is 12.0. The van der Waals surface area contributed by atoms with E-state index in [0.717, 1.165) is 0 Å². The first-order valence-corrected chi connectivity index (χ1v) is 6.28. The predicted molar refractivity (Wildman–Crippen MR) is 70.3 cm³/mol. The van der Waals surface area contributed by atoms with Crippen LogP contribution in [0.1, 0.15) is 9.67 Å². The third-order valence-corrected chi connectivity index (χ3v) is 3.58. The van der Waals surface area contributed by atoms with Crippen LogP contribution >= 0.6 is 22.9 Å². The lowest BCUT2D eigenvalue weighted by atomic mass is 10.3. The van der Waals surface area contributed by atoms with Gasteiger partial charge in [-0.05, 0) is 24.3 Å². The molecule has 0 aromatic carbocycles. The highest BCUT2D eigenvalue weighted by molar-refractivity contribution is 7.18. The summed E-state index contributed by atoms with van der Waals surface area (Å²) in [6, 6.07) is 6.95. The van der Waals surface area contributed by atoms with Gasteiger partial charge in [0, 0.05) is 6.20 Å². The van der Waals surface area contributed by atoms with Crippen molar-refractivity contribution in [3.8, 4) is 0 Å². The SMILES string of the molecule is O=C(Nc1cccn2ncnc12)c1ccc(Cl)s1. The molecule has 0 atom stereocenters. The van der Waals surface area contributed by atoms with Crippen molar-refractivity contribution in [3.63, 3.8) is 0 Å². The summed E-state index contributed by atoms with van der Waals surface area (Å²) in [5, 5.41) is 6.79. The van der Waals surface area contributed by atoms with Gasteiger partial charge in [0.05, 0.1) is 14.9 Å². The molecule has 3 aromatic rings. The molecular weight excluding hydrogens is 272 g/mol. The molecule has 0 radical (unpaired) electrons. The first-order chi connectivity index (χ1) is 8.74. The van der Waals surface area contributed by atoms with Crippen molar-refractivity contribution in [2.45, 2.75) is 0 Å². The number of thiophene rings is 1. The van der Waals surface area contributed by atoms with Crippen molar-refractivity contribution in [3.05, 3.63) is 46.0 Å². The van der Waals surface area contributed by atoms with Crippen LogP contribution in [-0.4, -0.2) is 20.5 Å². The molecule has 3 aromatic heterocycles. The topological polar surface area (TPSA) is 59.3 Å². The summed E-state index contributed by atoms with van der Waals surface area (Å²) in [5.41, 5.74) is 1.22. The molecule has 18 heavy (non-hydrogen) atoms. The quantitative estimate of drug-likeness (QED) is 0.784. The highest BCUT2D eigenvalue weighted by atomic mass is 35.5. The summed E-state index contributed by atoms with van der Waals surface area (Å²) >= 11 is 7.03. The molecule has 0 bridgehead atoms. The summed E-state index contributed by atoms with van der Waals surface area (Å²) in [6.45, 7) is 0. The van der Waals surface area contributed by atoms with Crippen LogP contribution in [-0.2, 0) is 0 Å². The van der Waals surface area contributed by atoms with Gasteiger partial charge in [0.1, 0.15) is 6.33 Å². The molecule has 7 heteroatoms. The third-order valence-electron chi connectivity index (χ3n) is 2.35. The van der Waals surface area contributed by atoms with E-state index in [0.29, 0.717) is 20.5 Å². The molecule has 1 N–H and O–H groups in total. The minimum Gasteiger partial charge on any atom is -0.318 e. The number of nitrogens with zero attached hydrogens (tertiary/aromatic N) is 3. The Morgan fingerprint density at radius 2 is 2.28 bits per heavy atom. The number of carbonyl (C=O) groups is 1. The normalized spacial score (nSPS) is 10.7. The fourth-order valence-corrected chi connectivity index (χ4v) is 2.50. The Hall–Kier alpha value is -1.92. The molecule has 0 fully saturated rings. The second-order valence-corrected chi connectivity index (χ2v) is 5.22. The first-order valence-electron chi connectivity index (χ1n) is 5.09. The zero-order valence-corrected chi connectivity index (χ0v) is 10.6. The van der Waals surface area contributed by atoms with E-state index in [9.17, 15) is 4.79 Å². The van der Waals surface area contributed by atoms with Gasteiger partial charge in [0.2, 0.25) is 0 Å². The molecule has 0 saturated carbocycles. The van der Waals surface area contributed by atoms with Crippen LogP contribution in [0.5, 0.6) is 0 Å². The number of pyridine rings is 1. The summed E-state index contributed by atoms with van der Waals surface area (Å²) in [7, 11) is 0. The third kappa shape index (κ3) is 1.96. The smallest absolute Gasteiger partial charge is 0.265 e. The molecule has 0 aliphatic heterocycles. The Morgan fingerprint density at radius 1 is 1.39 bits per heavy atom. The van der Waals surface area contributed by atoms with Crippen LogP contribution in [0.15, 0.2) is 36.8 Å². The Bertz CT molecular complexity index is 720. The van der Waals surface area contributed by atoms with Crippen LogP contribution in [0.3, 0.4) is 0 Å². The molecule has 0 aliphatic carbocycles. The van der Waals surface area contributed by atoms with Crippen molar-refractivity contribution in [2.75, 3.05) is 5.32 Å². The Labute approximate surface area is 111 Å². The molecule has 0 saturated heterocycles. The lowest BCUT2D eigenvalue weighted by Crippen LogP contribution is -2.11. The van der Waals surface area contributed by atoms with Crippen molar-refractivity contribution < 1.29 is 4.79 Å². The van der Waals surface area contributed by atoms with Gasteiger partial charge in [-0.25, -0.2) is 9.50 Å². The van der Waals surface area contributed by atoms with Gasteiger partial charge in [-0.15, -0.1) is 11.3 Å². The Morgan fingerprint density at radius 3 is 3.06 bits per heavy atom. The molecule has 5 nitrogen and oxygen atoms in total. The van der Waals surface area contributed by atoms with Crippen LogP contribution in [0, 0.1) is 0 Å². The molecular formula is C11H7ClN4OS. The summed E-state index contributed by atoms with van der Waals surface area (Å²) in [4.78, 5) is 16.6. The van der Waals surface area contributed by atoms with Crippen molar-refractivity contribution in [1.82, 2.24) is 14.6 Å². The van der Waals surface area contributed by atoms with Gasteiger partial charge in [-0.1, -0.05) is 11.6 Å². The van der Waals surface area contributed by atoms with Gasteiger partial charge in [0.25, 0.3) is 5.91 Å². The van der Waals surface area contributed by atoms with E-state index in [2.05, 4.69) is 15.4 Å². The van der Waals surface area contributed by atoms with E-state index in [1.165, 1.54) is 17.7 Å². The number of amides is 1. The number of carbonyl (C=O) groups excluding carboxylic acids is 1. The predicted octanol–water partition coefficient (Wildman–Crippen LogP) is 2.70. The maximum atomic E-state index is 12.0. The lowest BCUT2D eigenvalue weighted by Gasteiger charge is -2.04. The fraction of sp³-hybridized carbons (Fsp3) is 0. The van der Waals surface area contributed by atoms with Crippen molar-refractivity contribution in [1.29, 1.82) is 0 Å². The Balaban J connectivity index is 1.92. The molecule has 90 valence electrons. The second-order valence-electron chi connectivity index (χ2n) is 3.51. The number of hydrogen-bond acceptors (Lipinski definition) is 4. The summed E-state index contributed by atoms with van der Waals surface area (Å²) < 4.78 is 2.18. The van der Waals surface area contributed by atoms with E-state index in [4.69, 9.17) is 11.6 Å². The van der Waals surface area contributed by atoms with Gasteiger partial charge >= 0.3 is 0 Å². The number of nitrogens with one attached hydrogen (secondary N) is 1. The van der Waals surface area contributed by atoms with Gasteiger partial charge in [-0.2, -0.15) is 5.10 Å². The number of anilines is 1. The van der Waals surface area contributed by atoms with Gasteiger partial charge in [-0.3, -0.25) is 4.79 Å². The highest BCUT2D eigenvalue weighted by Gasteiger charge is 2.11. The molecule has 0 spiro atoms. The number of halogens is 1. The van der Waals surface area contributed by atoms with Crippen molar-refractivity contribution in [2.24, 2.45) is 0 Å². The van der Waals surface area contributed by atoms with Gasteiger partial charge < -0.3 is 5.32 Å².